The van der Waals surface area contributed by atoms with E-state index in [1.807, 2.05) is 62.4 Å². The number of nitrogens with one attached hydrogen (secondary N) is 1. The largest absolute Gasteiger partial charge is 0.489 e. The summed E-state index contributed by atoms with van der Waals surface area (Å²) in [5.74, 6) is 1.02. The van der Waals surface area contributed by atoms with Gasteiger partial charge in [-0.1, -0.05) is 53.5 Å². The molecule has 0 radical (unpaired) electrons. The molecule has 4 aromatic rings. The number of hydrogen-bond acceptors (Lipinski definition) is 3. The van der Waals surface area contributed by atoms with Crippen LogP contribution in [-0.4, -0.2) is 15.7 Å². The first-order valence-corrected chi connectivity index (χ1v) is 11.2. The van der Waals surface area contributed by atoms with E-state index in [1.54, 1.807) is 29.1 Å². The SMILES string of the molecule is Cc1cc(OCc2ccc(C(=O)Nc3ccn(Cc4ccccc4Cl)n3)cc2)cc(C)c1Cl. The van der Waals surface area contributed by atoms with Crippen LogP contribution in [0.15, 0.2) is 72.9 Å². The molecule has 0 aliphatic heterocycles. The fraction of sp³-hybridized carbons (Fsp3) is 0.154. The van der Waals surface area contributed by atoms with Crippen molar-refractivity contribution in [1.82, 2.24) is 9.78 Å². The highest BCUT2D eigenvalue weighted by molar-refractivity contribution is 6.32. The predicted molar refractivity (Wildman–Crippen MR) is 132 cm³/mol. The van der Waals surface area contributed by atoms with E-state index in [0.717, 1.165) is 33.0 Å². The van der Waals surface area contributed by atoms with Crippen molar-refractivity contribution in [3.05, 3.63) is 111 Å². The molecule has 0 aliphatic rings. The van der Waals surface area contributed by atoms with Gasteiger partial charge in [0.25, 0.3) is 5.91 Å². The van der Waals surface area contributed by atoms with Gasteiger partial charge in [0, 0.05) is 27.9 Å². The molecule has 1 heterocycles. The number of nitrogens with zero attached hydrogens (tertiary/aromatic N) is 2. The standard InChI is InChI=1S/C26H23Cl2N3O2/c1-17-13-22(14-18(2)25(17)28)33-16-19-7-9-20(10-8-19)26(32)29-24-11-12-31(30-24)15-21-5-3-4-6-23(21)27/h3-14H,15-16H2,1-2H3,(H,29,30,32). The summed E-state index contributed by atoms with van der Waals surface area (Å²) >= 11 is 12.4. The third-order valence-electron chi connectivity index (χ3n) is 5.20. The molecule has 0 spiro atoms. The number of benzene rings is 3. The van der Waals surface area contributed by atoms with Crippen molar-refractivity contribution in [2.24, 2.45) is 0 Å². The van der Waals surface area contributed by atoms with Crippen LogP contribution in [0.25, 0.3) is 0 Å². The number of halogens is 2. The Hall–Kier alpha value is -3.28. The van der Waals surface area contributed by atoms with Crippen molar-refractivity contribution in [3.63, 3.8) is 0 Å². The Balaban J connectivity index is 1.34. The fourth-order valence-corrected chi connectivity index (χ4v) is 3.72. The normalized spacial score (nSPS) is 10.8. The summed E-state index contributed by atoms with van der Waals surface area (Å²) in [6.45, 7) is 4.83. The van der Waals surface area contributed by atoms with Crippen molar-refractivity contribution < 1.29 is 9.53 Å². The molecule has 7 heteroatoms. The van der Waals surface area contributed by atoms with E-state index in [2.05, 4.69) is 10.4 Å². The van der Waals surface area contributed by atoms with Crippen LogP contribution < -0.4 is 10.1 Å². The van der Waals surface area contributed by atoms with Crippen molar-refractivity contribution in [3.8, 4) is 5.75 Å². The lowest BCUT2D eigenvalue weighted by molar-refractivity contribution is 0.102. The monoisotopic (exact) mass is 479 g/mol. The van der Waals surface area contributed by atoms with E-state index in [1.165, 1.54) is 0 Å². The average Bonchev–Trinajstić information content (AvgIpc) is 3.24. The lowest BCUT2D eigenvalue weighted by atomic mass is 10.1. The quantitative estimate of drug-likeness (QED) is 0.321. The first-order chi connectivity index (χ1) is 15.9. The molecule has 1 N–H and O–H groups in total. The zero-order chi connectivity index (χ0) is 23.4. The second kappa shape index (κ2) is 10.1. The van der Waals surface area contributed by atoms with Crippen molar-refractivity contribution >= 4 is 34.9 Å². The van der Waals surface area contributed by atoms with Crippen LogP contribution in [0.3, 0.4) is 0 Å². The number of carbonyl (C=O) groups is 1. The molecule has 0 saturated heterocycles. The smallest absolute Gasteiger partial charge is 0.256 e. The van der Waals surface area contributed by atoms with Crippen LogP contribution in [0.4, 0.5) is 5.82 Å². The third kappa shape index (κ3) is 5.75. The first kappa shape index (κ1) is 22.9. The molecule has 1 aromatic heterocycles. The Labute approximate surface area is 202 Å². The van der Waals surface area contributed by atoms with Crippen molar-refractivity contribution in [1.29, 1.82) is 0 Å². The highest BCUT2D eigenvalue weighted by atomic mass is 35.5. The Morgan fingerprint density at radius 1 is 1.00 bits per heavy atom. The van der Waals surface area contributed by atoms with Gasteiger partial charge in [0.1, 0.15) is 12.4 Å². The van der Waals surface area contributed by atoms with Crippen molar-refractivity contribution in [2.45, 2.75) is 27.0 Å². The number of aryl methyl sites for hydroxylation is 2. The molecule has 0 atom stereocenters. The van der Waals surface area contributed by atoms with Crippen LogP contribution in [0, 0.1) is 13.8 Å². The van der Waals surface area contributed by atoms with Crippen LogP contribution >= 0.6 is 23.2 Å². The summed E-state index contributed by atoms with van der Waals surface area (Å²) in [5, 5.41) is 8.68. The van der Waals surface area contributed by atoms with Gasteiger partial charge in [-0.15, -0.1) is 0 Å². The molecule has 0 saturated carbocycles. The van der Waals surface area contributed by atoms with Gasteiger partial charge in [-0.2, -0.15) is 5.10 Å². The summed E-state index contributed by atoms with van der Waals surface area (Å²) in [6, 6.07) is 20.5. The topological polar surface area (TPSA) is 56.1 Å². The second-order valence-corrected chi connectivity index (χ2v) is 8.59. The first-order valence-electron chi connectivity index (χ1n) is 10.5. The summed E-state index contributed by atoms with van der Waals surface area (Å²) in [4.78, 5) is 12.6. The molecule has 3 aromatic carbocycles. The van der Waals surface area contributed by atoms with Crippen LogP contribution in [0.1, 0.15) is 32.6 Å². The Bertz CT molecular complexity index is 1260. The lowest BCUT2D eigenvalue weighted by Gasteiger charge is -2.10. The van der Waals surface area contributed by atoms with Crippen LogP contribution in [0.5, 0.6) is 5.75 Å². The molecule has 4 rings (SSSR count). The summed E-state index contributed by atoms with van der Waals surface area (Å²) in [6.07, 6.45) is 1.81. The van der Waals surface area contributed by atoms with Crippen LogP contribution in [-0.2, 0) is 13.2 Å². The number of anilines is 1. The maximum Gasteiger partial charge on any atom is 0.256 e. The van der Waals surface area contributed by atoms with E-state index in [9.17, 15) is 4.79 Å². The Kier molecular flexibility index (Phi) is 7.02. The molecule has 1 amide bonds. The molecule has 0 unspecified atom stereocenters. The molecule has 33 heavy (non-hydrogen) atoms. The van der Waals surface area contributed by atoms with Crippen LogP contribution in [0.2, 0.25) is 10.0 Å². The van der Waals surface area contributed by atoms with Gasteiger partial charge in [-0.3, -0.25) is 9.48 Å². The molecule has 0 aliphatic carbocycles. The van der Waals surface area contributed by atoms with Gasteiger partial charge in [-0.25, -0.2) is 0 Å². The Morgan fingerprint density at radius 2 is 1.70 bits per heavy atom. The number of amides is 1. The minimum Gasteiger partial charge on any atom is -0.489 e. The van der Waals surface area contributed by atoms with E-state index < -0.39 is 0 Å². The second-order valence-electron chi connectivity index (χ2n) is 7.80. The number of ether oxygens (including phenoxy) is 1. The number of hydrogen-bond donors (Lipinski definition) is 1. The minimum absolute atomic E-state index is 0.227. The molecule has 168 valence electrons. The average molecular weight is 480 g/mol. The van der Waals surface area contributed by atoms with E-state index in [0.29, 0.717) is 29.6 Å². The maximum atomic E-state index is 12.6. The van der Waals surface area contributed by atoms with E-state index in [4.69, 9.17) is 27.9 Å². The summed E-state index contributed by atoms with van der Waals surface area (Å²) in [5.41, 5.74) is 4.42. The van der Waals surface area contributed by atoms with Gasteiger partial charge in [0.15, 0.2) is 5.82 Å². The van der Waals surface area contributed by atoms with Gasteiger partial charge in [-0.05, 0) is 66.4 Å². The number of carbonyl (C=O) groups excluding carboxylic acids is 1. The summed E-state index contributed by atoms with van der Waals surface area (Å²) < 4.78 is 7.62. The van der Waals surface area contributed by atoms with Gasteiger partial charge in [0.05, 0.1) is 6.54 Å². The van der Waals surface area contributed by atoms with Gasteiger partial charge >= 0.3 is 0 Å². The number of rotatable bonds is 7. The highest BCUT2D eigenvalue weighted by Gasteiger charge is 2.10. The predicted octanol–water partition coefficient (Wildman–Crippen LogP) is 6.69. The molecular formula is C26H23Cl2N3O2. The minimum atomic E-state index is -0.227. The summed E-state index contributed by atoms with van der Waals surface area (Å²) in [7, 11) is 0. The maximum absolute atomic E-state index is 12.6. The molecule has 0 bridgehead atoms. The zero-order valence-corrected chi connectivity index (χ0v) is 19.8. The third-order valence-corrected chi connectivity index (χ3v) is 6.17. The molecular weight excluding hydrogens is 457 g/mol. The number of aromatic nitrogens is 2. The Morgan fingerprint density at radius 3 is 2.39 bits per heavy atom. The molecule has 5 nitrogen and oxygen atoms in total. The zero-order valence-electron chi connectivity index (χ0n) is 18.3. The van der Waals surface area contributed by atoms with E-state index in [-0.39, 0.29) is 5.91 Å². The van der Waals surface area contributed by atoms with Gasteiger partial charge in [0.2, 0.25) is 0 Å². The van der Waals surface area contributed by atoms with Crippen molar-refractivity contribution in [2.75, 3.05) is 5.32 Å². The van der Waals surface area contributed by atoms with Gasteiger partial charge < -0.3 is 10.1 Å². The van der Waals surface area contributed by atoms with E-state index >= 15 is 0 Å². The highest BCUT2D eigenvalue weighted by Crippen LogP contribution is 2.26. The fourth-order valence-electron chi connectivity index (χ4n) is 3.41. The lowest BCUT2D eigenvalue weighted by Crippen LogP contribution is -2.13. The molecule has 0 fully saturated rings.